The zero-order valence-corrected chi connectivity index (χ0v) is 31.3. The Morgan fingerprint density at radius 1 is 0.362 bits per heavy atom. The van der Waals surface area contributed by atoms with Crippen LogP contribution in [0, 0.1) is 0 Å². The Morgan fingerprint density at radius 3 is 1.74 bits per heavy atom. The molecule has 12 aromatic rings. The largest absolute Gasteiger partial charge is 0.456 e. The van der Waals surface area contributed by atoms with Crippen molar-refractivity contribution in [2.24, 2.45) is 0 Å². The molecule has 0 radical (unpaired) electrons. The summed E-state index contributed by atoms with van der Waals surface area (Å²) in [6.45, 7) is 0. The highest BCUT2D eigenvalue weighted by Gasteiger charge is 2.21. The summed E-state index contributed by atoms with van der Waals surface area (Å²) in [5, 5.41) is 9.31. The number of nitrogens with zero attached hydrogens (tertiary/aromatic N) is 3. The van der Waals surface area contributed by atoms with Crippen LogP contribution in [0.15, 0.2) is 205 Å². The van der Waals surface area contributed by atoms with Crippen molar-refractivity contribution >= 4 is 65.3 Å². The highest BCUT2D eigenvalue weighted by atomic mass is 16.3. The fraction of sp³-hybridized carbons (Fsp3) is 0. The average Bonchev–Trinajstić information content (AvgIpc) is 3.84. The molecule has 0 spiro atoms. The standard InChI is InChI=1S/C54H33N3O/c1-3-15-34(16-4-1)46-33-47(35-17-5-2-6-18-35)56-54(55-46)43-26-14-28-50-53(43)52-42-25-10-9-23-40(42)44(32-51(52)58-50)38-21-13-22-39(29-38)57-48-27-12-11-24-41(48)45-30-36-19-7-8-20-37(36)31-49(45)57/h1-33H. The maximum atomic E-state index is 6.81. The Bertz CT molecular complexity index is 3510. The SMILES string of the molecule is c1ccc(-c2cc(-c3ccccc3)nc(-c3cccc4oc5cc(-c6cccc(-n7c8ccccc8c8cc9ccccc9cc87)c6)c6ccccc6c5c34)n2)cc1. The molecule has 0 bridgehead atoms. The molecule has 0 fully saturated rings. The van der Waals surface area contributed by atoms with E-state index in [1.807, 2.05) is 42.5 Å². The van der Waals surface area contributed by atoms with Gasteiger partial charge < -0.3 is 8.98 Å². The average molecular weight is 740 g/mol. The van der Waals surface area contributed by atoms with E-state index in [1.165, 1.54) is 32.6 Å². The summed E-state index contributed by atoms with van der Waals surface area (Å²) in [5.74, 6) is 0.660. The third kappa shape index (κ3) is 5.09. The highest BCUT2D eigenvalue weighted by molar-refractivity contribution is 6.25. The molecule has 270 valence electrons. The fourth-order valence-electron chi connectivity index (χ4n) is 8.93. The lowest BCUT2D eigenvalue weighted by Crippen LogP contribution is -1.96. The summed E-state index contributed by atoms with van der Waals surface area (Å²) in [7, 11) is 0. The first-order chi connectivity index (χ1) is 28.7. The molecular formula is C54H33N3O. The minimum Gasteiger partial charge on any atom is -0.456 e. The maximum absolute atomic E-state index is 6.81. The Kier molecular flexibility index (Phi) is 7.20. The van der Waals surface area contributed by atoms with Crippen LogP contribution >= 0.6 is 0 Å². The lowest BCUT2D eigenvalue weighted by Gasteiger charge is -2.13. The summed E-state index contributed by atoms with van der Waals surface area (Å²) in [6, 6.07) is 70.8. The van der Waals surface area contributed by atoms with Crippen molar-refractivity contribution in [3.05, 3.63) is 200 Å². The molecule has 12 rings (SSSR count). The van der Waals surface area contributed by atoms with Crippen LogP contribution in [0.3, 0.4) is 0 Å². The van der Waals surface area contributed by atoms with E-state index in [0.29, 0.717) is 5.82 Å². The molecule has 0 N–H and O–H groups in total. The van der Waals surface area contributed by atoms with E-state index < -0.39 is 0 Å². The minimum atomic E-state index is 0.660. The third-order valence-corrected chi connectivity index (χ3v) is 11.6. The molecule has 58 heavy (non-hydrogen) atoms. The van der Waals surface area contributed by atoms with E-state index in [2.05, 4.69) is 162 Å². The zero-order valence-electron chi connectivity index (χ0n) is 31.3. The number of aromatic nitrogens is 3. The van der Waals surface area contributed by atoms with Gasteiger partial charge in [0.05, 0.1) is 22.4 Å². The van der Waals surface area contributed by atoms with Crippen LogP contribution in [0.2, 0.25) is 0 Å². The van der Waals surface area contributed by atoms with Gasteiger partial charge in [-0.05, 0) is 81.2 Å². The normalized spacial score (nSPS) is 11.8. The minimum absolute atomic E-state index is 0.660. The predicted octanol–water partition coefficient (Wildman–Crippen LogP) is 14.4. The van der Waals surface area contributed by atoms with Crippen molar-refractivity contribution in [1.82, 2.24) is 14.5 Å². The summed E-state index contributed by atoms with van der Waals surface area (Å²) in [6.07, 6.45) is 0. The Morgan fingerprint density at radius 2 is 0.983 bits per heavy atom. The van der Waals surface area contributed by atoms with Crippen molar-refractivity contribution in [3.8, 4) is 50.7 Å². The van der Waals surface area contributed by atoms with Crippen LogP contribution in [-0.2, 0) is 0 Å². The summed E-state index contributed by atoms with van der Waals surface area (Å²) in [4.78, 5) is 10.4. The molecule has 4 heteroatoms. The van der Waals surface area contributed by atoms with Crippen LogP contribution in [0.1, 0.15) is 0 Å². The van der Waals surface area contributed by atoms with Crippen molar-refractivity contribution in [1.29, 1.82) is 0 Å². The molecule has 0 atom stereocenters. The van der Waals surface area contributed by atoms with Crippen molar-refractivity contribution < 1.29 is 4.42 Å². The van der Waals surface area contributed by atoms with Gasteiger partial charge in [0.1, 0.15) is 11.2 Å². The van der Waals surface area contributed by atoms with Crippen LogP contribution < -0.4 is 0 Å². The first-order valence-corrected chi connectivity index (χ1v) is 19.7. The zero-order chi connectivity index (χ0) is 38.2. The number of fused-ring (bicyclic) bond motifs is 9. The fourth-order valence-corrected chi connectivity index (χ4v) is 8.93. The smallest absolute Gasteiger partial charge is 0.161 e. The lowest BCUT2D eigenvalue weighted by molar-refractivity contribution is 0.669. The van der Waals surface area contributed by atoms with E-state index in [1.54, 1.807) is 0 Å². The van der Waals surface area contributed by atoms with E-state index in [0.717, 1.165) is 77.6 Å². The molecule has 3 heterocycles. The molecule has 0 saturated carbocycles. The van der Waals surface area contributed by atoms with Crippen LogP contribution in [0.4, 0.5) is 0 Å². The van der Waals surface area contributed by atoms with Gasteiger partial charge in [-0.15, -0.1) is 0 Å². The van der Waals surface area contributed by atoms with Crippen LogP contribution in [0.5, 0.6) is 0 Å². The van der Waals surface area contributed by atoms with Gasteiger partial charge in [0.2, 0.25) is 0 Å². The van der Waals surface area contributed by atoms with Gasteiger partial charge in [0, 0.05) is 43.9 Å². The number of hydrogen-bond acceptors (Lipinski definition) is 3. The van der Waals surface area contributed by atoms with Gasteiger partial charge in [-0.25, -0.2) is 9.97 Å². The van der Waals surface area contributed by atoms with Gasteiger partial charge in [-0.2, -0.15) is 0 Å². The maximum Gasteiger partial charge on any atom is 0.161 e. The third-order valence-electron chi connectivity index (χ3n) is 11.6. The Labute approximate surface area is 333 Å². The van der Waals surface area contributed by atoms with Crippen molar-refractivity contribution in [2.75, 3.05) is 0 Å². The van der Waals surface area contributed by atoms with Gasteiger partial charge in [-0.3, -0.25) is 0 Å². The topological polar surface area (TPSA) is 43.9 Å². The molecule has 0 aliphatic carbocycles. The number of para-hydroxylation sites is 1. The quantitative estimate of drug-likeness (QED) is 0.177. The molecular weight excluding hydrogens is 707 g/mol. The number of hydrogen-bond donors (Lipinski definition) is 0. The van der Waals surface area contributed by atoms with Crippen LogP contribution in [-0.4, -0.2) is 14.5 Å². The monoisotopic (exact) mass is 739 g/mol. The molecule has 3 aromatic heterocycles. The second-order valence-electron chi connectivity index (χ2n) is 14.9. The van der Waals surface area contributed by atoms with Gasteiger partial charge in [0.15, 0.2) is 5.82 Å². The van der Waals surface area contributed by atoms with E-state index in [9.17, 15) is 0 Å². The molecule has 0 saturated heterocycles. The molecule has 0 aliphatic heterocycles. The van der Waals surface area contributed by atoms with E-state index in [-0.39, 0.29) is 0 Å². The molecule has 0 aliphatic rings. The number of furan rings is 1. The van der Waals surface area contributed by atoms with E-state index >= 15 is 0 Å². The summed E-state index contributed by atoms with van der Waals surface area (Å²) >= 11 is 0. The van der Waals surface area contributed by atoms with Crippen LogP contribution in [0.25, 0.3) is 116 Å². The molecule has 0 unspecified atom stereocenters. The first kappa shape index (κ1) is 32.4. The summed E-state index contributed by atoms with van der Waals surface area (Å²) in [5.41, 5.74) is 12.1. The van der Waals surface area contributed by atoms with Gasteiger partial charge >= 0.3 is 0 Å². The van der Waals surface area contributed by atoms with Gasteiger partial charge in [0.25, 0.3) is 0 Å². The molecule has 0 amide bonds. The first-order valence-electron chi connectivity index (χ1n) is 19.7. The molecule has 9 aromatic carbocycles. The second-order valence-corrected chi connectivity index (χ2v) is 14.9. The predicted molar refractivity (Wildman–Crippen MR) is 240 cm³/mol. The second kappa shape index (κ2) is 12.9. The highest BCUT2D eigenvalue weighted by Crippen LogP contribution is 2.44. The number of rotatable bonds is 5. The summed E-state index contributed by atoms with van der Waals surface area (Å²) < 4.78 is 9.22. The Hall–Kier alpha value is -7.82. The number of benzene rings is 9. The van der Waals surface area contributed by atoms with Gasteiger partial charge in [-0.1, -0.05) is 152 Å². The van der Waals surface area contributed by atoms with Crippen molar-refractivity contribution in [3.63, 3.8) is 0 Å². The lowest BCUT2D eigenvalue weighted by atomic mass is 9.93. The van der Waals surface area contributed by atoms with E-state index in [4.69, 9.17) is 14.4 Å². The van der Waals surface area contributed by atoms with Crippen molar-refractivity contribution in [2.45, 2.75) is 0 Å². The Balaban J connectivity index is 1.07. The molecule has 4 nitrogen and oxygen atoms in total.